The van der Waals surface area contributed by atoms with Crippen molar-refractivity contribution >= 4 is 15.9 Å². The molecule has 3 nitrogen and oxygen atoms in total. The number of benzene rings is 1. The van der Waals surface area contributed by atoms with E-state index in [1.165, 1.54) is 25.7 Å². The maximum Gasteiger partial charge on any atom is 0.119 e. The van der Waals surface area contributed by atoms with Gasteiger partial charge in [0.25, 0.3) is 0 Å². The van der Waals surface area contributed by atoms with E-state index in [4.69, 9.17) is 4.74 Å². The molecule has 0 aromatic heterocycles. The molecular weight excluding hydrogens is 316 g/mol. The van der Waals surface area contributed by atoms with E-state index < -0.39 is 0 Å². The molecule has 2 saturated heterocycles. The first-order valence-corrected chi connectivity index (χ1v) is 8.34. The van der Waals surface area contributed by atoms with Gasteiger partial charge < -0.3 is 10.1 Å². The third kappa shape index (κ3) is 3.54. The number of halogens is 1. The minimum Gasteiger partial charge on any atom is -0.492 e. The number of nitrogens with zero attached hydrogens (tertiary/aromatic N) is 1. The molecule has 3 rings (SSSR count). The molecule has 0 aliphatic carbocycles. The van der Waals surface area contributed by atoms with Gasteiger partial charge in [-0.1, -0.05) is 15.9 Å². The lowest BCUT2D eigenvalue weighted by molar-refractivity contribution is 0.147. The number of piperidine rings is 1. The molecule has 1 N–H and O–H groups in total. The normalized spacial score (nSPS) is 28.9. The zero-order valence-corrected chi connectivity index (χ0v) is 13.6. The molecule has 2 aliphatic rings. The lowest BCUT2D eigenvalue weighted by Gasteiger charge is -2.35. The van der Waals surface area contributed by atoms with E-state index in [-0.39, 0.29) is 0 Å². The minimum absolute atomic E-state index is 0.724. The van der Waals surface area contributed by atoms with Crippen LogP contribution in [-0.2, 0) is 0 Å². The maximum absolute atomic E-state index is 5.81. The van der Waals surface area contributed by atoms with Crippen molar-refractivity contribution in [3.05, 3.63) is 28.7 Å². The fourth-order valence-corrected chi connectivity index (χ4v) is 3.67. The standard InChI is InChI=1S/C16H23BrN2O/c1-19(15-10-13-4-5-14(11-15)18-13)8-9-20-16-6-2-12(17)3-7-16/h2-3,6-7,13-15,18H,4-5,8-11H2,1H3. The summed E-state index contributed by atoms with van der Waals surface area (Å²) in [4.78, 5) is 2.48. The highest BCUT2D eigenvalue weighted by molar-refractivity contribution is 9.10. The first-order valence-electron chi connectivity index (χ1n) is 7.55. The number of hydrogen-bond acceptors (Lipinski definition) is 3. The van der Waals surface area contributed by atoms with Gasteiger partial charge in [-0.05, 0) is 57.0 Å². The molecule has 2 heterocycles. The van der Waals surface area contributed by atoms with Gasteiger partial charge in [0.05, 0.1) is 0 Å². The van der Waals surface area contributed by atoms with Crippen LogP contribution in [-0.4, -0.2) is 43.2 Å². The molecule has 0 amide bonds. The number of ether oxygens (including phenoxy) is 1. The monoisotopic (exact) mass is 338 g/mol. The summed E-state index contributed by atoms with van der Waals surface area (Å²) in [5.41, 5.74) is 0. The predicted octanol–water partition coefficient (Wildman–Crippen LogP) is 3.04. The number of nitrogens with one attached hydrogen (secondary N) is 1. The minimum atomic E-state index is 0.724. The maximum atomic E-state index is 5.81. The molecular formula is C16H23BrN2O. The van der Waals surface area contributed by atoms with Crippen LogP contribution < -0.4 is 10.1 Å². The summed E-state index contributed by atoms with van der Waals surface area (Å²) in [7, 11) is 2.24. The molecule has 0 spiro atoms. The van der Waals surface area contributed by atoms with Crippen LogP contribution in [0.2, 0.25) is 0 Å². The van der Waals surface area contributed by atoms with Crippen molar-refractivity contribution in [1.29, 1.82) is 0 Å². The molecule has 2 aliphatic heterocycles. The lowest BCUT2D eigenvalue weighted by Crippen LogP contribution is -2.47. The Kier molecular flexibility index (Phi) is 4.64. The summed E-state index contributed by atoms with van der Waals surface area (Å²) in [5.74, 6) is 0.951. The van der Waals surface area contributed by atoms with Crippen LogP contribution in [0, 0.1) is 0 Å². The number of rotatable bonds is 5. The number of likely N-dealkylation sites (N-methyl/N-ethyl adjacent to an activating group) is 1. The molecule has 0 saturated carbocycles. The van der Waals surface area contributed by atoms with Crippen LogP contribution in [0.4, 0.5) is 0 Å². The topological polar surface area (TPSA) is 24.5 Å². The van der Waals surface area contributed by atoms with Crippen LogP contribution in [0.25, 0.3) is 0 Å². The molecule has 1 aromatic carbocycles. The molecule has 20 heavy (non-hydrogen) atoms. The van der Waals surface area contributed by atoms with Crippen molar-refractivity contribution < 1.29 is 4.74 Å². The highest BCUT2D eigenvalue weighted by Gasteiger charge is 2.34. The van der Waals surface area contributed by atoms with E-state index in [1.54, 1.807) is 0 Å². The molecule has 2 bridgehead atoms. The van der Waals surface area contributed by atoms with E-state index >= 15 is 0 Å². The summed E-state index contributed by atoms with van der Waals surface area (Å²) in [6, 6.07) is 10.3. The average molecular weight is 339 g/mol. The number of hydrogen-bond donors (Lipinski definition) is 1. The SMILES string of the molecule is CN(CCOc1ccc(Br)cc1)C1CC2CCC(C1)N2. The highest BCUT2D eigenvalue weighted by atomic mass is 79.9. The quantitative estimate of drug-likeness (QED) is 0.892. The predicted molar refractivity (Wildman–Crippen MR) is 85.2 cm³/mol. The van der Waals surface area contributed by atoms with Gasteiger partial charge in [0.15, 0.2) is 0 Å². The van der Waals surface area contributed by atoms with Crippen LogP contribution >= 0.6 is 15.9 Å². The van der Waals surface area contributed by atoms with Gasteiger partial charge in [-0.3, -0.25) is 4.90 Å². The fourth-order valence-electron chi connectivity index (χ4n) is 3.41. The molecule has 1 aromatic rings. The van der Waals surface area contributed by atoms with E-state index in [0.29, 0.717) is 0 Å². The summed E-state index contributed by atoms with van der Waals surface area (Å²) in [6.45, 7) is 1.76. The Bertz CT molecular complexity index is 425. The van der Waals surface area contributed by atoms with Gasteiger partial charge in [-0.25, -0.2) is 0 Å². The van der Waals surface area contributed by atoms with Gasteiger partial charge in [-0.15, -0.1) is 0 Å². The number of fused-ring (bicyclic) bond motifs is 2. The zero-order chi connectivity index (χ0) is 13.9. The van der Waals surface area contributed by atoms with Gasteiger partial charge in [-0.2, -0.15) is 0 Å². The smallest absolute Gasteiger partial charge is 0.119 e. The second kappa shape index (κ2) is 6.46. The van der Waals surface area contributed by atoms with Gasteiger partial charge in [0, 0.05) is 29.1 Å². The van der Waals surface area contributed by atoms with E-state index in [2.05, 4.69) is 33.2 Å². The Hall–Kier alpha value is -0.580. The molecule has 0 radical (unpaired) electrons. The fraction of sp³-hybridized carbons (Fsp3) is 0.625. The second-order valence-electron chi connectivity index (χ2n) is 6.05. The largest absolute Gasteiger partial charge is 0.492 e. The zero-order valence-electron chi connectivity index (χ0n) is 12.0. The molecule has 4 heteroatoms. The summed E-state index contributed by atoms with van der Waals surface area (Å²) < 4.78 is 6.90. The van der Waals surface area contributed by atoms with Crippen molar-refractivity contribution in [2.45, 2.75) is 43.8 Å². The van der Waals surface area contributed by atoms with Gasteiger partial charge in [0.1, 0.15) is 12.4 Å². The highest BCUT2D eigenvalue weighted by Crippen LogP contribution is 2.29. The van der Waals surface area contributed by atoms with Gasteiger partial charge >= 0.3 is 0 Å². The van der Waals surface area contributed by atoms with Crippen molar-refractivity contribution in [3.8, 4) is 5.75 Å². The van der Waals surface area contributed by atoms with Crippen molar-refractivity contribution in [2.24, 2.45) is 0 Å². The Labute approximate surface area is 129 Å². The third-order valence-corrected chi connectivity index (χ3v) is 5.13. The van der Waals surface area contributed by atoms with Crippen LogP contribution in [0.5, 0.6) is 5.75 Å². The van der Waals surface area contributed by atoms with Gasteiger partial charge in [0.2, 0.25) is 0 Å². The molecule has 2 atom stereocenters. The van der Waals surface area contributed by atoms with E-state index in [1.807, 2.05) is 24.3 Å². The Balaban J connectivity index is 1.43. The van der Waals surface area contributed by atoms with Crippen molar-refractivity contribution in [2.75, 3.05) is 20.2 Å². The summed E-state index contributed by atoms with van der Waals surface area (Å²) >= 11 is 3.44. The van der Waals surface area contributed by atoms with Crippen LogP contribution in [0.15, 0.2) is 28.7 Å². The van der Waals surface area contributed by atoms with Crippen molar-refractivity contribution in [1.82, 2.24) is 10.2 Å². The van der Waals surface area contributed by atoms with E-state index in [0.717, 1.165) is 41.5 Å². The van der Waals surface area contributed by atoms with Crippen molar-refractivity contribution in [3.63, 3.8) is 0 Å². The first kappa shape index (κ1) is 14.4. The third-order valence-electron chi connectivity index (χ3n) is 4.60. The molecule has 110 valence electrons. The Morgan fingerprint density at radius 3 is 2.50 bits per heavy atom. The Morgan fingerprint density at radius 2 is 1.85 bits per heavy atom. The average Bonchev–Trinajstić information content (AvgIpc) is 2.79. The van der Waals surface area contributed by atoms with E-state index in [9.17, 15) is 0 Å². The lowest BCUT2D eigenvalue weighted by atomic mass is 9.99. The molecule has 2 unspecified atom stereocenters. The first-order chi connectivity index (χ1) is 9.70. The second-order valence-corrected chi connectivity index (χ2v) is 6.96. The Morgan fingerprint density at radius 1 is 1.20 bits per heavy atom. The van der Waals surface area contributed by atoms with Crippen LogP contribution in [0.1, 0.15) is 25.7 Å². The van der Waals surface area contributed by atoms with Crippen LogP contribution in [0.3, 0.4) is 0 Å². The molecule has 2 fully saturated rings. The summed E-state index contributed by atoms with van der Waals surface area (Å²) in [5, 5.41) is 3.70. The summed E-state index contributed by atoms with van der Waals surface area (Å²) in [6.07, 6.45) is 5.32.